The number of carbonyl (C=O) groups is 1. The predicted molar refractivity (Wildman–Crippen MR) is 151 cm³/mol. The molecule has 0 spiro atoms. The average Bonchev–Trinajstić information content (AvgIpc) is 3.40. The normalized spacial score (nSPS) is 14.3. The summed E-state index contributed by atoms with van der Waals surface area (Å²) in [6, 6.07) is 14.2. The fourth-order valence-corrected chi connectivity index (χ4v) is 5.52. The second kappa shape index (κ2) is 10.3. The number of aliphatic hydroxyl groups excluding tert-OH is 1. The first-order chi connectivity index (χ1) is 18.3. The van der Waals surface area contributed by atoms with Crippen LogP contribution < -0.4 is 21.5 Å². The average molecular weight is 515 g/mol. The number of nitrogens with one attached hydrogen (secondary N) is 1. The number of hydrogen-bond donors (Lipinski definition) is 3. The first-order valence-corrected chi connectivity index (χ1v) is 13.0. The molecule has 4 N–H and O–H groups in total. The highest BCUT2D eigenvalue weighted by atomic mass is 16.3. The highest BCUT2D eigenvalue weighted by Gasteiger charge is 2.29. The summed E-state index contributed by atoms with van der Waals surface area (Å²) in [5, 5.41) is 18.1. The van der Waals surface area contributed by atoms with Crippen molar-refractivity contribution in [1.29, 1.82) is 0 Å². The number of carbonyl (C=O) groups excluding carboxylic acids is 1. The van der Waals surface area contributed by atoms with E-state index in [1.165, 1.54) is 10.1 Å². The quantitative estimate of drug-likeness (QED) is 0.349. The molecule has 3 heterocycles. The number of benzene rings is 2. The van der Waals surface area contributed by atoms with E-state index in [1.54, 1.807) is 7.05 Å². The number of aliphatic hydroxyl groups is 1. The molecule has 0 bridgehead atoms. The molecule has 2 aromatic heterocycles. The monoisotopic (exact) mass is 514 g/mol. The van der Waals surface area contributed by atoms with Crippen molar-refractivity contribution in [2.45, 2.75) is 32.6 Å². The van der Waals surface area contributed by atoms with Gasteiger partial charge in [0.05, 0.1) is 29.2 Å². The van der Waals surface area contributed by atoms with Crippen molar-refractivity contribution >= 4 is 28.2 Å². The summed E-state index contributed by atoms with van der Waals surface area (Å²) in [5.41, 5.74) is 11.8. The molecular formula is C29H34N6O3. The molecule has 198 valence electrons. The summed E-state index contributed by atoms with van der Waals surface area (Å²) in [5.74, 6) is -0.441. The van der Waals surface area contributed by atoms with Crippen LogP contribution >= 0.6 is 0 Å². The number of pyridine rings is 1. The summed E-state index contributed by atoms with van der Waals surface area (Å²) >= 11 is 0. The number of hydrogen-bond acceptors (Lipinski definition) is 6. The molecule has 38 heavy (non-hydrogen) atoms. The smallest absolute Gasteiger partial charge is 0.265 e. The Kier molecular flexibility index (Phi) is 6.94. The van der Waals surface area contributed by atoms with Crippen LogP contribution in [-0.4, -0.2) is 51.6 Å². The van der Waals surface area contributed by atoms with E-state index >= 15 is 0 Å². The SMILES string of the molecule is Cc1cc2c(N3CCC(c4ccn(-c5ccccc5C)n4)CC3)c(C(N)=O)c(=O)n(C)c2cc1NCCO. The molecule has 0 aliphatic carbocycles. The number of fused-ring (bicyclic) bond motifs is 1. The summed E-state index contributed by atoms with van der Waals surface area (Å²) in [6.07, 6.45) is 3.69. The van der Waals surface area contributed by atoms with Gasteiger partial charge in [0.15, 0.2) is 0 Å². The maximum atomic E-state index is 13.3. The zero-order valence-electron chi connectivity index (χ0n) is 22.1. The van der Waals surface area contributed by atoms with Gasteiger partial charge in [-0.2, -0.15) is 5.10 Å². The van der Waals surface area contributed by atoms with E-state index in [0.29, 0.717) is 30.8 Å². The van der Waals surface area contributed by atoms with E-state index in [0.717, 1.165) is 40.9 Å². The van der Waals surface area contributed by atoms with Gasteiger partial charge >= 0.3 is 0 Å². The second-order valence-electron chi connectivity index (χ2n) is 10.0. The third-order valence-electron chi connectivity index (χ3n) is 7.59. The Bertz CT molecular complexity index is 1560. The Balaban J connectivity index is 1.48. The standard InChI is InChI=1S/C29H34N6O3/c1-18-6-4-5-7-24(18)35-14-10-22(32-35)20-8-12-34(13-9-20)27-21-16-19(2)23(31-11-15-36)17-25(21)33(3)29(38)26(27)28(30)37/h4-7,10,14,16-17,20,31,36H,8-9,11-13,15H2,1-3H3,(H2,30,37). The van der Waals surface area contributed by atoms with Crippen molar-refractivity contribution < 1.29 is 9.90 Å². The molecule has 5 rings (SSSR count). The van der Waals surface area contributed by atoms with E-state index in [9.17, 15) is 14.7 Å². The fourth-order valence-electron chi connectivity index (χ4n) is 5.52. The van der Waals surface area contributed by atoms with E-state index in [-0.39, 0.29) is 18.1 Å². The lowest BCUT2D eigenvalue weighted by atomic mass is 9.92. The van der Waals surface area contributed by atoms with Gasteiger partial charge in [-0.1, -0.05) is 18.2 Å². The molecule has 1 fully saturated rings. The van der Waals surface area contributed by atoms with Crippen LogP contribution in [0.3, 0.4) is 0 Å². The Morgan fingerprint density at radius 3 is 2.55 bits per heavy atom. The minimum Gasteiger partial charge on any atom is -0.395 e. The lowest BCUT2D eigenvalue weighted by molar-refractivity contribution is 0.0999. The molecule has 4 aromatic rings. The number of aryl methyl sites for hydroxylation is 3. The van der Waals surface area contributed by atoms with Crippen molar-refractivity contribution in [2.24, 2.45) is 12.8 Å². The maximum Gasteiger partial charge on any atom is 0.265 e. The van der Waals surface area contributed by atoms with Crippen LogP contribution in [0.25, 0.3) is 16.6 Å². The third kappa shape index (κ3) is 4.54. The molecule has 0 unspecified atom stereocenters. The number of aromatic nitrogens is 3. The minimum absolute atomic E-state index is 0.000408. The second-order valence-corrected chi connectivity index (χ2v) is 10.0. The predicted octanol–water partition coefficient (Wildman–Crippen LogP) is 3.23. The van der Waals surface area contributed by atoms with Gasteiger partial charge in [-0.05, 0) is 62.1 Å². The van der Waals surface area contributed by atoms with Crippen LogP contribution in [0, 0.1) is 13.8 Å². The lowest BCUT2D eigenvalue weighted by Gasteiger charge is -2.35. The van der Waals surface area contributed by atoms with Gasteiger partial charge in [-0.15, -0.1) is 0 Å². The highest BCUT2D eigenvalue weighted by molar-refractivity contribution is 6.07. The van der Waals surface area contributed by atoms with E-state index in [2.05, 4.69) is 35.3 Å². The van der Waals surface area contributed by atoms with Gasteiger partial charge in [0.25, 0.3) is 11.5 Å². The number of primary amides is 1. The number of para-hydroxylation sites is 1. The Labute approximate surface area is 221 Å². The lowest BCUT2D eigenvalue weighted by Crippen LogP contribution is -2.38. The molecule has 1 saturated heterocycles. The van der Waals surface area contributed by atoms with Crippen molar-refractivity contribution in [2.75, 3.05) is 36.5 Å². The number of nitrogens with zero attached hydrogens (tertiary/aromatic N) is 4. The van der Waals surface area contributed by atoms with Gasteiger partial charge in [-0.25, -0.2) is 4.68 Å². The zero-order chi connectivity index (χ0) is 27.0. The first kappa shape index (κ1) is 25.5. The van der Waals surface area contributed by atoms with Gasteiger partial charge in [0.2, 0.25) is 0 Å². The molecular weight excluding hydrogens is 480 g/mol. The molecule has 1 aliphatic rings. The molecule has 9 nitrogen and oxygen atoms in total. The van der Waals surface area contributed by atoms with Crippen molar-refractivity contribution in [3.63, 3.8) is 0 Å². The van der Waals surface area contributed by atoms with Crippen LogP contribution in [0.4, 0.5) is 11.4 Å². The topological polar surface area (TPSA) is 118 Å². The molecule has 0 saturated carbocycles. The van der Waals surface area contributed by atoms with Gasteiger partial charge in [-0.3, -0.25) is 9.59 Å². The molecule has 2 aromatic carbocycles. The van der Waals surface area contributed by atoms with Crippen molar-refractivity contribution in [3.05, 3.63) is 81.4 Å². The third-order valence-corrected chi connectivity index (χ3v) is 7.59. The molecule has 1 aliphatic heterocycles. The van der Waals surface area contributed by atoms with Gasteiger partial charge in [0.1, 0.15) is 5.56 Å². The Morgan fingerprint density at radius 1 is 1.13 bits per heavy atom. The van der Waals surface area contributed by atoms with E-state index in [4.69, 9.17) is 10.8 Å². The number of amides is 1. The minimum atomic E-state index is -0.721. The van der Waals surface area contributed by atoms with E-state index in [1.807, 2.05) is 42.1 Å². The van der Waals surface area contributed by atoms with Crippen molar-refractivity contribution in [3.8, 4) is 5.69 Å². The van der Waals surface area contributed by atoms with Crippen LogP contribution in [-0.2, 0) is 7.05 Å². The Morgan fingerprint density at radius 2 is 1.87 bits per heavy atom. The Hall–Kier alpha value is -4.11. The van der Waals surface area contributed by atoms with Crippen LogP contribution in [0.15, 0.2) is 53.5 Å². The zero-order valence-corrected chi connectivity index (χ0v) is 22.1. The van der Waals surface area contributed by atoms with Gasteiger partial charge < -0.3 is 25.6 Å². The largest absolute Gasteiger partial charge is 0.395 e. The van der Waals surface area contributed by atoms with Crippen LogP contribution in [0.5, 0.6) is 0 Å². The summed E-state index contributed by atoms with van der Waals surface area (Å²) < 4.78 is 3.41. The first-order valence-electron chi connectivity index (χ1n) is 13.0. The van der Waals surface area contributed by atoms with Gasteiger partial charge in [0, 0.05) is 49.9 Å². The van der Waals surface area contributed by atoms with Crippen LogP contribution in [0.2, 0.25) is 0 Å². The fraction of sp³-hybridized carbons (Fsp3) is 0.345. The molecule has 9 heteroatoms. The summed E-state index contributed by atoms with van der Waals surface area (Å²) in [6.45, 7) is 5.80. The summed E-state index contributed by atoms with van der Waals surface area (Å²) in [4.78, 5) is 28.0. The van der Waals surface area contributed by atoms with Crippen molar-refractivity contribution in [1.82, 2.24) is 14.3 Å². The number of piperidine rings is 1. The van der Waals surface area contributed by atoms with Crippen LogP contribution in [0.1, 0.15) is 45.9 Å². The molecule has 0 atom stereocenters. The maximum absolute atomic E-state index is 13.3. The number of anilines is 2. The van der Waals surface area contributed by atoms with E-state index < -0.39 is 11.5 Å². The number of nitrogens with two attached hydrogens (primary N) is 1. The summed E-state index contributed by atoms with van der Waals surface area (Å²) in [7, 11) is 1.66. The number of rotatable bonds is 7. The molecule has 0 radical (unpaired) electrons. The highest BCUT2D eigenvalue weighted by Crippen LogP contribution is 2.36. The molecule has 1 amide bonds.